The van der Waals surface area contributed by atoms with Crippen LogP contribution >= 0.6 is 0 Å². The second-order valence-electron chi connectivity index (χ2n) is 5.11. The van der Waals surface area contributed by atoms with E-state index >= 15 is 0 Å². The zero-order chi connectivity index (χ0) is 13.1. The van der Waals surface area contributed by atoms with E-state index in [0.717, 1.165) is 25.2 Å². The topological polar surface area (TPSA) is 36.4 Å². The highest BCUT2D eigenvalue weighted by Gasteiger charge is 2.26. The van der Waals surface area contributed by atoms with Gasteiger partial charge in [-0.3, -0.25) is 4.79 Å². The van der Waals surface area contributed by atoms with Crippen LogP contribution in [0.4, 0.5) is 5.82 Å². The fraction of sp³-hybridized carbons (Fsp3) is 0.571. The van der Waals surface area contributed by atoms with Gasteiger partial charge >= 0.3 is 0 Å². The van der Waals surface area contributed by atoms with Crippen LogP contribution in [0, 0.1) is 0 Å². The van der Waals surface area contributed by atoms with Crippen LogP contribution in [0.2, 0.25) is 0 Å². The standard InChI is InChI=1S/C14H21N3O/c1-11-7-4-5-10-17(11)14(18)12-8-6-9-15-13(12)16(2)3/h6,8-9,11H,4-5,7,10H2,1-3H3. The second-order valence-corrected chi connectivity index (χ2v) is 5.11. The lowest BCUT2D eigenvalue weighted by Gasteiger charge is -2.34. The molecule has 0 aliphatic carbocycles. The Kier molecular flexibility index (Phi) is 3.84. The molecule has 1 saturated heterocycles. The number of hydrogen-bond acceptors (Lipinski definition) is 3. The van der Waals surface area contributed by atoms with Gasteiger partial charge in [-0.15, -0.1) is 0 Å². The van der Waals surface area contributed by atoms with Crippen LogP contribution in [0.3, 0.4) is 0 Å². The van der Waals surface area contributed by atoms with Gasteiger partial charge in [-0.1, -0.05) is 0 Å². The molecule has 2 rings (SSSR count). The Balaban J connectivity index is 2.28. The lowest BCUT2D eigenvalue weighted by Crippen LogP contribution is -2.42. The van der Waals surface area contributed by atoms with Gasteiger partial charge in [0.1, 0.15) is 5.82 Å². The highest BCUT2D eigenvalue weighted by molar-refractivity contribution is 5.99. The van der Waals surface area contributed by atoms with Crippen molar-refractivity contribution in [3.05, 3.63) is 23.9 Å². The Bertz CT molecular complexity index is 431. The van der Waals surface area contributed by atoms with Crippen molar-refractivity contribution in [3.8, 4) is 0 Å². The van der Waals surface area contributed by atoms with Crippen molar-refractivity contribution in [2.24, 2.45) is 0 Å². The maximum atomic E-state index is 12.6. The van der Waals surface area contributed by atoms with Crippen LogP contribution in [0.1, 0.15) is 36.5 Å². The third-order valence-electron chi connectivity index (χ3n) is 3.50. The lowest BCUT2D eigenvalue weighted by molar-refractivity contribution is 0.0636. The smallest absolute Gasteiger partial charge is 0.257 e. The number of carbonyl (C=O) groups excluding carboxylic acids is 1. The Labute approximate surface area is 109 Å². The van der Waals surface area contributed by atoms with Crippen molar-refractivity contribution in [2.75, 3.05) is 25.5 Å². The first-order chi connectivity index (χ1) is 8.61. The number of pyridine rings is 1. The number of hydrogen-bond donors (Lipinski definition) is 0. The molecule has 4 nitrogen and oxygen atoms in total. The Morgan fingerprint density at radius 3 is 2.89 bits per heavy atom. The minimum absolute atomic E-state index is 0.110. The molecular formula is C14H21N3O. The Morgan fingerprint density at radius 1 is 1.44 bits per heavy atom. The molecule has 0 spiro atoms. The SMILES string of the molecule is CC1CCCCN1C(=O)c1cccnc1N(C)C. The Hall–Kier alpha value is -1.58. The largest absolute Gasteiger partial charge is 0.362 e. The molecule has 1 aliphatic heterocycles. The molecule has 1 aliphatic rings. The van der Waals surface area contributed by atoms with Gasteiger partial charge < -0.3 is 9.80 Å². The molecule has 1 aromatic rings. The van der Waals surface area contributed by atoms with Crippen molar-refractivity contribution in [1.29, 1.82) is 0 Å². The minimum atomic E-state index is 0.110. The van der Waals surface area contributed by atoms with Crippen LogP contribution < -0.4 is 4.90 Å². The van der Waals surface area contributed by atoms with Gasteiger partial charge in [0.2, 0.25) is 0 Å². The molecule has 1 unspecified atom stereocenters. The predicted molar refractivity (Wildman–Crippen MR) is 72.9 cm³/mol. The van der Waals surface area contributed by atoms with E-state index < -0.39 is 0 Å². The average Bonchev–Trinajstić information content (AvgIpc) is 2.38. The van der Waals surface area contributed by atoms with Crippen LogP contribution in [0.25, 0.3) is 0 Å². The normalized spacial score (nSPS) is 19.7. The molecule has 4 heteroatoms. The molecule has 1 atom stereocenters. The van der Waals surface area contributed by atoms with Gasteiger partial charge in [0.25, 0.3) is 5.91 Å². The zero-order valence-corrected chi connectivity index (χ0v) is 11.4. The molecule has 0 bridgehead atoms. The van der Waals surface area contributed by atoms with Crippen LogP contribution in [-0.4, -0.2) is 42.5 Å². The molecule has 18 heavy (non-hydrogen) atoms. The third kappa shape index (κ3) is 2.47. The molecule has 98 valence electrons. The quantitative estimate of drug-likeness (QED) is 0.803. The van der Waals surface area contributed by atoms with E-state index in [1.807, 2.05) is 36.0 Å². The molecular weight excluding hydrogens is 226 g/mol. The maximum absolute atomic E-state index is 12.6. The number of rotatable bonds is 2. The van der Waals surface area contributed by atoms with E-state index in [4.69, 9.17) is 0 Å². The number of nitrogens with zero attached hydrogens (tertiary/aromatic N) is 3. The van der Waals surface area contributed by atoms with Crippen LogP contribution in [0.15, 0.2) is 18.3 Å². The van der Waals surface area contributed by atoms with Gasteiger partial charge in [0.05, 0.1) is 5.56 Å². The van der Waals surface area contributed by atoms with E-state index in [1.54, 1.807) is 6.20 Å². The van der Waals surface area contributed by atoms with Gasteiger partial charge in [0.15, 0.2) is 0 Å². The summed E-state index contributed by atoms with van der Waals surface area (Å²) in [6, 6.07) is 4.03. The number of anilines is 1. The number of likely N-dealkylation sites (tertiary alicyclic amines) is 1. The van der Waals surface area contributed by atoms with E-state index in [2.05, 4.69) is 11.9 Å². The molecule has 0 saturated carbocycles. The first kappa shape index (κ1) is 12.9. The maximum Gasteiger partial charge on any atom is 0.257 e. The third-order valence-corrected chi connectivity index (χ3v) is 3.50. The van der Waals surface area contributed by atoms with Crippen molar-refractivity contribution in [3.63, 3.8) is 0 Å². The first-order valence-corrected chi connectivity index (χ1v) is 6.54. The summed E-state index contributed by atoms with van der Waals surface area (Å²) in [5.74, 6) is 0.860. The van der Waals surface area contributed by atoms with Gasteiger partial charge in [-0.25, -0.2) is 4.98 Å². The van der Waals surface area contributed by atoms with Gasteiger partial charge in [-0.2, -0.15) is 0 Å². The van der Waals surface area contributed by atoms with Gasteiger partial charge in [0, 0.05) is 32.9 Å². The predicted octanol–water partition coefficient (Wildman–Crippen LogP) is 2.16. The fourth-order valence-electron chi connectivity index (χ4n) is 2.47. The summed E-state index contributed by atoms with van der Waals surface area (Å²) >= 11 is 0. The fourth-order valence-corrected chi connectivity index (χ4v) is 2.47. The molecule has 1 aromatic heterocycles. The molecule has 1 amide bonds. The summed E-state index contributed by atoms with van der Waals surface area (Å²) in [5.41, 5.74) is 0.705. The highest BCUT2D eigenvalue weighted by atomic mass is 16.2. The van der Waals surface area contributed by atoms with E-state index in [9.17, 15) is 4.79 Å². The monoisotopic (exact) mass is 247 g/mol. The van der Waals surface area contributed by atoms with Crippen molar-refractivity contribution < 1.29 is 4.79 Å². The van der Waals surface area contributed by atoms with E-state index in [1.165, 1.54) is 6.42 Å². The summed E-state index contributed by atoms with van der Waals surface area (Å²) in [4.78, 5) is 20.8. The van der Waals surface area contributed by atoms with Crippen LogP contribution in [-0.2, 0) is 0 Å². The van der Waals surface area contributed by atoms with E-state index in [0.29, 0.717) is 11.6 Å². The summed E-state index contributed by atoms with van der Waals surface area (Å²) in [7, 11) is 3.83. The molecule has 1 fully saturated rings. The molecule has 0 N–H and O–H groups in total. The van der Waals surface area contributed by atoms with E-state index in [-0.39, 0.29) is 5.91 Å². The number of amides is 1. The average molecular weight is 247 g/mol. The number of aromatic nitrogens is 1. The van der Waals surface area contributed by atoms with Crippen LogP contribution in [0.5, 0.6) is 0 Å². The van der Waals surface area contributed by atoms with Crippen molar-refractivity contribution in [2.45, 2.75) is 32.2 Å². The highest BCUT2D eigenvalue weighted by Crippen LogP contribution is 2.22. The summed E-state index contributed by atoms with van der Waals surface area (Å²) in [5, 5.41) is 0. The minimum Gasteiger partial charge on any atom is -0.362 e. The summed E-state index contributed by atoms with van der Waals surface area (Å²) in [6.45, 7) is 2.99. The molecule has 0 aromatic carbocycles. The number of carbonyl (C=O) groups is 1. The number of piperidine rings is 1. The molecule has 2 heterocycles. The lowest BCUT2D eigenvalue weighted by atomic mass is 10.0. The van der Waals surface area contributed by atoms with Crippen molar-refractivity contribution >= 4 is 11.7 Å². The first-order valence-electron chi connectivity index (χ1n) is 6.54. The second kappa shape index (κ2) is 5.38. The zero-order valence-electron chi connectivity index (χ0n) is 11.4. The summed E-state index contributed by atoms with van der Waals surface area (Å²) in [6.07, 6.45) is 5.15. The Morgan fingerprint density at radius 2 is 2.22 bits per heavy atom. The summed E-state index contributed by atoms with van der Waals surface area (Å²) < 4.78 is 0. The van der Waals surface area contributed by atoms with Crippen molar-refractivity contribution in [1.82, 2.24) is 9.88 Å². The van der Waals surface area contributed by atoms with Gasteiger partial charge in [-0.05, 0) is 38.3 Å². The molecule has 0 radical (unpaired) electrons.